The van der Waals surface area contributed by atoms with E-state index in [1.165, 1.54) is 12.4 Å². The van der Waals surface area contributed by atoms with Gasteiger partial charge in [0, 0.05) is 13.1 Å². The molecule has 2 N–H and O–H groups in total. The van der Waals surface area contributed by atoms with Gasteiger partial charge in [0.25, 0.3) is 5.91 Å². The zero-order chi connectivity index (χ0) is 11.5. The van der Waals surface area contributed by atoms with Crippen LogP contribution in [-0.4, -0.2) is 33.9 Å². The highest BCUT2D eigenvalue weighted by atomic mass is 16.2. The summed E-state index contributed by atoms with van der Waals surface area (Å²) in [7, 11) is 0. The molecule has 1 aliphatic rings. The molecule has 1 saturated heterocycles. The predicted octanol–water partition coefficient (Wildman–Crippen LogP) is 0.931. The Morgan fingerprint density at radius 1 is 1.62 bits per heavy atom. The van der Waals surface area contributed by atoms with Crippen molar-refractivity contribution < 1.29 is 4.79 Å². The molecular weight excluding hydrogens is 204 g/mol. The molecule has 1 unspecified atom stereocenters. The van der Waals surface area contributed by atoms with Gasteiger partial charge in [-0.3, -0.25) is 9.78 Å². The van der Waals surface area contributed by atoms with Crippen molar-refractivity contribution in [3.63, 3.8) is 0 Å². The number of carbonyl (C=O) groups excluding carboxylic acids is 1. The van der Waals surface area contributed by atoms with Gasteiger partial charge in [-0.25, -0.2) is 4.98 Å². The highest BCUT2D eigenvalue weighted by molar-refractivity contribution is 5.92. The summed E-state index contributed by atoms with van der Waals surface area (Å²) in [6, 6.07) is 0. The van der Waals surface area contributed by atoms with Crippen LogP contribution in [0.4, 0.5) is 5.82 Å². The minimum absolute atomic E-state index is 0.0595. The Balaban J connectivity index is 2.08. The fourth-order valence-corrected chi connectivity index (χ4v) is 2.00. The lowest BCUT2D eigenvalue weighted by atomic mass is 10.1. The summed E-state index contributed by atoms with van der Waals surface area (Å²) in [4.78, 5) is 21.7. The SMILES string of the molecule is CCC1CCN(C(=O)c2cncc(N)n2)C1. The first-order valence-corrected chi connectivity index (χ1v) is 5.57. The highest BCUT2D eigenvalue weighted by Crippen LogP contribution is 2.20. The number of nitrogens with two attached hydrogens (primary N) is 1. The second-order valence-corrected chi connectivity index (χ2v) is 4.14. The molecule has 0 aromatic carbocycles. The number of rotatable bonds is 2. The largest absolute Gasteiger partial charge is 0.382 e. The molecule has 86 valence electrons. The molecule has 2 heterocycles. The molecule has 0 radical (unpaired) electrons. The van der Waals surface area contributed by atoms with Crippen LogP contribution in [0.25, 0.3) is 0 Å². The number of anilines is 1. The van der Waals surface area contributed by atoms with Crippen molar-refractivity contribution >= 4 is 11.7 Å². The first kappa shape index (κ1) is 10.9. The summed E-state index contributed by atoms with van der Waals surface area (Å²) in [6.07, 6.45) is 5.11. The van der Waals surface area contributed by atoms with Gasteiger partial charge in [-0.2, -0.15) is 0 Å². The Morgan fingerprint density at radius 2 is 2.44 bits per heavy atom. The van der Waals surface area contributed by atoms with Crippen LogP contribution in [0.2, 0.25) is 0 Å². The molecule has 5 nitrogen and oxygen atoms in total. The van der Waals surface area contributed by atoms with Gasteiger partial charge in [-0.15, -0.1) is 0 Å². The lowest BCUT2D eigenvalue weighted by molar-refractivity contribution is 0.0781. The molecule has 0 aliphatic carbocycles. The van der Waals surface area contributed by atoms with E-state index in [0.717, 1.165) is 25.9 Å². The second-order valence-electron chi connectivity index (χ2n) is 4.14. The molecule has 2 rings (SSSR count). The van der Waals surface area contributed by atoms with Crippen molar-refractivity contribution in [2.24, 2.45) is 5.92 Å². The van der Waals surface area contributed by atoms with Crippen molar-refractivity contribution in [2.45, 2.75) is 19.8 Å². The Kier molecular flexibility index (Phi) is 3.03. The molecule has 5 heteroatoms. The summed E-state index contributed by atoms with van der Waals surface area (Å²) in [5.74, 6) is 0.853. The van der Waals surface area contributed by atoms with Crippen molar-refractivity contribution in [1.82, 2.24) is 14.9 Å². The van der Waals surface area contributed by atoms with Gasteiger partial charge in [-0.05, 0) is 12.3 Å². The second kappa shape index (κ2) is 4.47. The standard InChI is InChI=1S/C11H16N4O/c1-2-8-3-4-15(7-8)11(16)9-5-13-6-10(12)14-9/h5-6,8H,2-4,7H2,1H3,(H2,12,14). The van der Waals surface area contributed by atoms with E-state index in [1.807, 2.05) is 4.90 Å². The maximum absolute atomic E-state index is 12.0. The fourth-order valence-electron chi connectivity index (χ4n) is 2.00. The van der Waals surface area contributed by atoms with E-state index in [1.54, 1.807) is 0 Å². The number of hydrogen-bond acceptors (Lipinski definition) is 4. The summed E-state index contributed by atoms with van der Waals surface area (Å²) in [6.45, 7) is 3.79. The Morgan fingerprint density at radius 3 is 3.06 bits per heavy atom. The van der Waals surface area contributed by atoms with Crippen LogP contribution in [0, 0.1) is 5.92 Å². The molecule has 16 heavy (non-hydrogen) atoms. The van der Waals surface area contributed by atoms with Gasteiger partial charge in [0.1, 0.15) is 11.5 Å². The molecule has 0 saturated carbocycles. The number of hydrogen-bond donors (Lipinski definition) is 1. The van der Waals surface area contributed by atoms with Crippen LogP contribution in [0.3, 0.4) is 0 Å². The quantitative estimate of drug-likeness (QED) is 0.804. The molecule has 1 atom stereocenters. The van der Waals surface area contributed by atoms with Crippen LogP contribution in [-0.2, 0) is 0 Å². The van der Waals surface area contributed by atoms with Crippen LogP contribution in [0.15, 0.2) is 12.4 Å². The van der Waals surface area contributed by atoms with E-state index in [4.69, 9.17) is 5.73 Å². The van der Waals surface area contributed by atoms with Gasteiger partial charge in [0.2, 0.25) is 0 Å². The third kappa shape index (κ3) is 2.13. The topological polar surface area (TPSA) is 72.1 Å². The first-order valence-electron chi connectivity index (χ1n) is 5.57. The molecular formula is C11H16N4O. The lowest BCUT2D eigenvalue weighted by Gasteiger charge is -2.15. The fraction of sp³-hybridized carbons (Fsp3) is 0.545. The van der Waals surface area contributed by atoms with E-state index in [0.29, 0.717) is 11.6 Å². The first-order chi connectivity index (χ1) is 7.70. The highest BCUT2D eigenvalue weighted by Gasteiger charge is 2.26. The zero-order valence-electron chi connectivity index (χ0n) is 9.39. The summed E-state index contributed by atoms with van der Waals surface area (Å²) >= 11 is 0. The molecule has 1 aromatic heterocycles. The van der Waals surface area contributed by atoms with Gasteiger partial charge >= 0.3 is 0 Å². The van der Waals surface area contributed by atoms with Crippen molar-refractivity contribution in [3.05, 3.63) is 18.1 Å². The van der Waals surface area contributed by atoms with Crippen molar-refractivity contribution in [3.8, 4) is 0 Å². The normalized spacial score (nSPS) is 20.1. The number of likely N-dealkylation sites (tertiary alicyclic amines) is 1. The molecule has 0 bridgehead atoms. The van der Waals surface area contributed by atoms with Gasteiger partial charge < -0.3 is 10.6 Å². The van der Waals surface area contributed by atoms with Crippen LogP contribution in [0.5, 0.6) is 0 Å². The number of amides is 1. The molecule has 1 aromatic rings. The van der Waals surface area contributed by atoms with E-state index in [-0.39, 0.29) is 11.7 Å². The van der Waals surface area contributed by atoms with Crippen molar-refractivity contribution in [2.75, 3.05) is 18.8 Å². The summed E-state index contributed by atoms with van der Waals surface area (Å²) in [5.41, 5.74) is 5.85. The third-order valence-corrected chi connectivity index (χ3v) is 3.02. The number of aromatic nitrogens is 2. The lowest BCUT2D eigenvalue weighted by Crippen LogP contribution is -2.29. The Bertz CT molecular complexity index is 393. The van der Waals surface area contributed by atoms with E-state index < -0.39 is 0 Å². The molecule has 1 amide bonds. The Hall–Kier alpha value is -1.65. The number of carbonyl (C=O) groups is 1. The van der Waals surface area contributed by atoms with E-state index in [9.17, 15) is 4.79 Å². The smallest absolute Gasteiger partial charge is 0.274 e. The number of nitrogens with zero attached hydrogens (tertiary/aromatic N) is 3. The third-order valence-electron chi connectivity index (χ3n) is 3.02. The summed E-state index contributed by atoms with van der Waals surface area (Å²) < 4.78 is 0. The van der Waals surface area contributed by atoms with Gasteiger partial charge in [-0.1, -0.05) is 13.3 Å². The molecule has 1 aliphatic heterocycles. The minimum Gasteiger partial charge on any atom is -0.382 e. The maximum atomic E-state index is 12.0. The van der Waals surface area contributed by atoms with Gasteiger partial charge in [0.15, 0.2) is 0 Å². The molecule has 0 spiro atoms. The van der Waals surface area contributed by atoms with Crippen molar-refractivity contribution in [1.29, 1.82) is 0 Å². The van der Waals surface area contributed by atoms with Crippen LogP contribution < -0.4 is 5.73 Å². The molecule has 1 fully saturated rings. The van der Waals surface area contributed by atoms with E-state index in [2.05, 4.69) is 16.9 Å². The summed E-state index contributed by atoms with van der Waals surface area (Å²) in [5, 5.41) is 0. The zero-order valence-corrected chi connectivity index (χ0v) is 9.39. The average Bonchev–Trinajstić information content (AvgIpc) is 2.76. The number of nitrogen functional groups attached to an aromatic ring is 1. The minimum atomic E-state index is -0.0595. The maximum Gasteiger partial charge on any atom is 0.274 e. The van der Waals surface area contributed by atoms with Crippen LogP contribution in [0.1, 0.15) is 30.3 Å². The monoisotopic (exact) mass is 220 g/mol. The van der Waals surface area contributed by atoms with E-state index >= 15 is 0 Å². The predicted molar refractivity (Wildman–Crippen MR) is 60.7 cm³/mol. The average molecular weight is 220 g/mol. The van der Waals surface area contributed by atoms with Gasteiger partial charge in [0.05, 0.1) is 12.4 Å². The Labute approximate surface area is 94.7 Å². The van der Waals surface area contributed by atoms with Crippen LogP contribution >= 0.6 is 0 Å².